The van der Waals surface area contributed by atoms with Crippen molar-refractivity contribution < 1.29 is 12.4 Å². The van der Waals surface area contributed by atoms with Crippen LogP contribution in [0, 0.1) is 0 Å². The first-order valence-electron chi connectivity index (χ1n) is 1.93. The van der Waals surface area contributed by atoms with E-state index in [4.69, 9.17) is 5.73 Å². The molecule has 0 amide bonds. The van der Waals surface area contributed by atoms with Gasteiger partial charge in [0.2, 0.25) is 0 Å². The molecule has 0 saturated carbocycles. The Labute approximate surface area is 53.3 Å². The summed E-state index contributed by atoms with van der Waals surface area (Å²) in [7, 11) is 0. The first kappa shape index (κ1) is 7.17. The second-order valence-electron chi connectivity index (χ2n) is 1.15. The van der Waals surface area contributed by atoms with E-state index < -0.39 is 0 Å². The maximum atomic E-state index is 5.18. The molecule has 0 aromatic carbocycles. The van der Waals surface area contributed by atoms with Crippen LogP contribution in [0.2, 0.25) is 0 Å². The molecule has 8 heavy (non-hydrogen) atoms. The highest BCUT2D eigenvalue weighted by Crippen LogP contribution is 1.86. The summed E-state index contributed by atoms with van der Waals surface area (Å²) in [4.78, 5) is 0. The molecule has 44 valence electrons. The van der Waals surface area contributed by atoms with Crippen LogP contribution in [-0.2, 0) is 0 Å². The highest BCUT2D eigenvalue weighted by atomic mass is 35.5. The normalized spacial score (nSPS) is 7.50. The summed E-state index contributed by atoms with van der Waals surface area (Å²) in [6.45, 7) is 0. The topological polar surface area (TPSA) is 51.8 Å². The van der Waals surface area contributed by atoms with E-state index in [2.05, 4.69) is 10.2 Å². The Bertz CT molecular complexity index is 141. The van der Waals surface area contributed by atoms with Crippen LogP contribution in [-0.4, -0.2) is 10.2 Å². The van der Waals surface area contributed by atoms with Crippen LogP contribution in [0.15, 0.2) is 18.3 Å². The minimum atomic E-state index is 0. The molecule has 1 rings (SSSR count). The average Bonchev–Trinajstić information content (AvgIpc) is 1.69. The SMILES string of the molecule is Nc1cccnn1.[Cl-]. The van der Waals surface area contributed by atoms with Gasteiger partial charge in [-0.25, -0.2) is 0 Å². The lowest BCUT2D eigenvalue weighted by atomic mass is 10.6. The third kappa shape index (κ3) is 1.75. The third-order valence-electron chi connectivity index (χ3n) is 0.593. The Hall–Kier alpha value is -0.830. The van der Waals surface area contributed by atoms with Gasteiger partial charge in [-0.3, -0.25) is 0 Å². The number of nitrogens with zero attached hydrogens (tertiary/aromatic N) is 2. The Balaban J connectivity index is 0.000000490. The van der Waals surface area contributed by atoms with Gasteiger partial charge >= 0.3 is 0 Å². The number of nitrogens with two attached hydrogens (primary N) is 1. The molecule has 4 heteroatoms. The van der Waals surface area contributed by atoms with Gasteiger partial charge in [-0.2, -0.15) is 5.10 Å². The fourth-order valence-electron chi connectivity index (χ4n) is 0.313. The summed E-state index contributed by atoms with van der Waals surface area (Å²) in [5, 5.41) is 7.02. The molecule has 0 unspecified atom stereocenters. The van der Waals surface area contributed by atoms with E-state index in [1.54, 1.807) is 18.3 Å². The van der Waals surface area contributed by atoms with E-state index in [-0.39, 0.29) is 12.4 Å². The van der Waals surface area contributed by atoms with Crippen molar-refractivity contribution in [3.05, 3.63) is 18.3 Å². The molecule has 2 N–H and O–H groups in total. The molecule has 0 spiro atoms. The number of anilines is 1. The van der Waals surface area contributed by atoms with Gasteiger partial charge < -0.3 is 18.1 Å². The molecule has 0 bridgehead atoms. The van der Waals surface area contributed by atoms with Gasteiger partial charge in [0.1, 0.15) is 5.82 Å². The van der Waals surface area contributed by atoms with Crippen molar-refractivity contribution in [1.82, 2.24) is 10.2 Å². The zero-order valence-electron chi connectivity index (χ0n) is 4.08. The van der Waals surface area contributed by atoms with Crippen LogP contribution < -0.4 is 18.1 Å². The van der Waals surface area contributed by atoms with Gasteiger partial charge in [0.15, 0.2) is 0 Å². The van der Waals surface area contributed by atoms with Gasteiger partial charge in [0.05, 0.1) is 0 Å². The van der Waals surface area contributed by atoms with Crippen molar-refractivity contribution in [1.29, 1.82) is 0 Å². The monoisotopic (exact) mass is 130 g/mol. The second-order valence-corrected chi connectivity index (χ2v) is 1.15. The molecule has 3 nitrogen and oxygen atoms in total. The zero-order chi connectivity index (χ0) is 5.11. The van der Waals surface area contributed by atoms with Crippen LogP contribution in [0.3, 0.4) is 0 Å². The van der Waals surface area contributed by atoms with Crippen LogP contribution in [0.25, 0.3) is 0 Å². The fourth-order valence-corrected chi connectivity index (χ4v) is 0.313. The van der Waals surface area contributed by atoms with Crippen molar-refractivity contribution in [2.24, 2.45) is 0 Å². The van der Waals surface area contributed by atoms with Crippen LogP contribution in [0.1, 0.15) is 0 Å². The molecule has 0 aliphatic rings. The Morgan fingerprint density at radius 2 is 2.25 bits per heavy atom. The number of hydrogen-bond acceptors (Lipinski definition) is 3. The lowest BCUT2D eigenvalue weighted by molar-refractivity contribution is -0.00000160. The lowest BCUT2D eigenvalue weighted by Crippen LogP contribution is -3.00. The number of hydrogen-bond donors (Lipinski definition) is 1. The molecule has 1 heterocycles. The maximum Gasteiger partial charge on any atom is 0.146 e. The number of nitrogen functional groups attached to an aromatic ring is 1. The van der Waals surface area contributed by atoms with Crippen molar-refractivity contribution in [3.8, 4) is 0 Å². The van der Waals surface area contributed by atoms with Crippen molar-refractivity contribution in [3.63, 3.8) is 0 Å². The summed E-state index contributed by atoms with van der Waals surface area (Å²) >= 11 is 0. The molecule has 0 saturated heterocycles. The minimum absolute atomic E-state index is 0. The van der Waals surface area contributed by atoms with Crippen molar-refractivity contribution >= 4 is 5.82 Å². The van der Waals surface area contributed by atoms with Gasteiger partial charge in [-0.05, 0) is 12.1 Å². The van der Waals surface area contributed by atoms with E-state index in [1.165, 1.54) is 0 Å². The van der Waals surface area contributed by atoms with E-state index in [0.29, 0.717) is 5.82 Å². The molecule has 0 radical (unpaired) electrons. The van der Waals surface area contributed by atoms with Gasteiger partial charge in [0.25, 0.3) is 0 Å². The van der Waals surface area contributed by atoms with Crippen LogP contribution >= 0.6 is 0 Å². The Kier molecular flexibility index (Phi) is 2.88. The summed E-state index contributed by atoms with van der Waals surface area (Å²) in [6.07, 6.45) is 1.58. The van der Waals surface area contributed by atoms with Gasteiger partial charge in [-0.15, -0.1) is 5.10 Å². The molecule has 0 atom stereocenters. The number of rotatable bonds is 0. The predicted octanol–water partition coefficient (Wildman–Crippen LogP) is -2.94. The summed E-state index contributed by atoms with van der Waals surface area (Å²) in [5.41, 5.74) is 5.18. The van der Waals surface area contributed by atoms with Gasteiger partial charge in [0, 0.05) is 6.20 Å². The van der Waals surface area contributed by atoms with Crippen molar-refractivity contribution in [2.45, 2.75) is 0 Å². The lowest BCUT2D eigenvalue weighted by Gasteiger charge is -1.81. The quantitative estimate of drug-likeness (QED) is 0.409. The van der Waals surface area contributed by atoms with E-state index >= 15 is 0 Å². The zero-order valence-corrected chi connectivity index (χ0v) is 4.84. The molecule has 0 fully saturated rings. The summed E-state index contributed by atoms with van der Waals surface area (Å²) in [5.74, 6) is 0.461. The van der Waals surface area contributed by atoms with Crippen LogP contribution in [0.5, 0.6) is 0 Å². The third-order valence-corrected chi connectivity index (χ3v) is 0.593. The largest absolute Gasteiger partial charge is 1.00 e. The average molecular weight is 131 g/mol. The second kappa shape index (κ2) is 3.21. The molecule has 1 aromatic rings. The number of halogens is 1. The molecular formula is C4H5ClN3-. The first-order valence-corrected chi connectivity index (χ1v) is 1.93. The minimum Gasteiger partial charge on any atom is -1.00 e. The molecular weight excluding hydrogens is 126 g/mol. The van der Waals surface area contributed by atoms with E-state index in [0.717, 1.165) is 0 Å². The standard InChI is InChI=1S/C4H5N3.ClH/c5-4-2-1-3-6-7-4;/h1-3H,(H2,5,7);1H/p-1. The smallest absolute Gasteiger partial charge is 0.146 e. The maximum absolute atomic E-state index is 5.18. The Morgan fingerprint density at radius 1 is 1.50 bits per heavy atom. The predicted molar refractivity (Wildman–Crippen MR) is 26.4 cm³/mol. The number of aromatic nitrogens is 2. The highest BCUT2D eigenvalue weighted by molar-refractivity contribution is 5.22. The highest BCUT2D eigenvalue weighted by Gasteiger charge is 1.75. The van der Waals surface area contributed by atoms with Crippen molar-refractivity contribution in [2.75, 3.05) is 5.73 Å². The van der Waals surface area contributed by atoms with Gasteiger partial charge in [-0.1, -0.05) is 0 Å². The summed E-state index contributed by atoms with van der Waals surface area (Å²) < 4.78 is 0. The molecule has 0 aliphatic carbocycles. The fraction of sp³-hybridized carbons (Fsp3) is 0. The molecule has 0 aliphatic heterocycles. The van der Waals surface area contributed by atoms with Crippen LogP contribution in [0.4, 0.5) is 5.82 Å². The van der Waals surface area contributed by atoms with E-state index in [1.807, 2.05) is 0 Å². The first-order chi connectivity index (χ1) is 3.39. The molecule has 1 aromatic heterocycles. The Morgan fingerprint density at radius 3 is 2.50 bits per heavy atom. The van der Waals surface area contributed by atoms with E-state index in [9.17, 15) is 0 Å². The summed E-state index contributed by atoms with van der Waals surface area (Å²) in [6, 6.07) is 3.43.